The van der Waals surface area contributed by atoms with E-state index < -0.39 is 28.9 Å². The molecule has 0 bridgehead atoms. The van der Waals surface area contributed by atoms with Crippen molar-refractivity contribution in [2.24, 2.45) is 0 Å². The summed E-state index contributed by atoms with van der Waals surface area (Å²) in [5.41, 5.74) is 0.258. The van der Waals surface area contributed by atoms with Gasteiger partial charge in [0, 0.05) is 26.0 Å². The summed E-state index contributed by atoms with van der Waals surface area (Å²) in [4.78, 5) is 32.0. The van der Waals surface area contributed by atoms with Gasteiger partial charge in [-0.3, -0.25) is 19.7 Å². The maximum absolute atomic E-state index is 11.1. The fraction of sp³-hybridized carbons (Fsp3) is 0.385. The van der Waals surface area contributed by atoms with Crippen molar-refractivity contribution in [1.29, 1.82) is 0 Å². The lowest BCUT2D eigenvalue weighted by Gasteiger charge is -2.23. The first kappa shape index (κ1) is 16.6. The number of carbonyl (C=O) groups excluding carboxylic acids is 2. The lowest BCUT2D eigenvalue weighted by atomic mass is 10.0. The van der Waals surface area contributed by atoms with E-state index in [0.29, 0.717) is 5.56 Å². The Kier molecular flexibility index (Phi) is 5.79. The molecule has 1 rings (SSSR count). The van der Waals surface area contributed by atoms with E-state index in [1.165, 1.54) is 38.1 Å². The Morgan fingerprint density at radius 1 is 1.33 bits per heavy atom. The highest BCUT2D eigenvalue weighted by molar-refractivity contribution is 5.73. The summed E-state index contributed by atoms with van der Waals surface area (Å²) in [5, 5.41) is 23.2. The Balaban J connectivity index is 2.86. The zero-order valence-electron chi connectivity index (χ0n) is 11.6. The summed E-state index contributed by atoms with van der Waals surface area (Å²) in [6.45, 7) is 2.28. The summed E-state index contributed by atoms with van der Waals surface area (Å²) >= 11 is 0. The molecule has 8 nitrogen and oxygen atoms in total. The number of benzene rings is 1. The fourth-order valence-electron chi connectivity index (χ4n) is 1.71. The van der Waals surface area contributed by atoms with Crippen LogP contribution in [-0.2, 0) is 14.3 Å². The first-order chi connectivity index (χ1) is 9.81. The summed E-state index contributed by atoms with van der Waals surface area (Å²) < 4.78 is 4.79. The molecule has 114 valence electrons. The minimum atomic E-state index is -1.16. The first-order valence-electron chi connectivity index (χ1n) is 6.14. The molecule has 0 fully saturated rings. The molecule has 0 aromatic heterocycles. The van der Waals surface area contributed by atoms with Crippen LogP contribution in [-0.4, -0.2) is 34.6 Å². The van der Waals surface area contributed by atoms with Gasteiger partial charge < -0.3 is 15.2 Å². The smallest absolute Gasteiger partial charge is 0.302 e. The number of esters is 1. The molecule has 2 atom stereocenters. The average Bonchev–Trinajstić information content (AvgIpc) is 2.42. The molecule has 8 heteroatoms. The number of nitro benzene ring substituents is 1. The summed E-state index contributed by atoms with van der Waals surface area (Å²) in [5.74, 6) is -0.936. The molecule has 0 heterocycles. The van der Waals surface area contributed by atoms with Gasteiger partial charge in [0.25, 0.3) is 5.69 Å². The molecular weight excluding hydrogens is 280 g/mol. The van der Waals surface area contributed by atoms with Crippen LogP contribution in [0.3, 0.4) is 0 Å². The molecular formula is C13H16N2O6. The molecule has 0 spiro atoms. The number of hydrogen-bond donors (Lipinski definition) is 2. The van der Waals surface area contributed by atoms with E-state index in [4.69, 9.17) is 4.74 Å². The van der Waals surface area contributed by atoms with Crippen molar-refractivity contribution in [1.82, 2.24) is 5.32 Å². The second-order valence-electron chi connectivity index (χ2n) is 4.40. The van der Waals surface area contributed by atoms with E-state index in [1.54, 1.807) is 0 Å². The van der Waals surface area contributed by atoms with Gasteiger partial charge in [0.1, 0.15) is 12.7 Å². The number of non-ortho nitro benzene ring substituents is 1. The quantitative estimate of drug-likeness (QED) is 0.453. The number of aliphatic hydroxyl groups excluding tert-OH is 1. The Hall–Kier alpha value is -2.48. The Labute approximate surface area is 120 Å². The summed E-state index contributed by atoms with van der Waals surface area (Å²) in [7, 11) is 0. The van der Waals surface area contributed by atoms with E-state index in [9.17, 15) is 24.8 Å². The molecule has 0 saturated heterocycles. The van der Waals surface area contributed by atoms with Gasteiger partial charge >= 0.3 is 5.97 Å². The number of rotatable bonds is 6. The van der Waals surface area contributed by atoms with Gasteiger partial charge in [-0.05, 0) is 17.7 Å². The van der Waals surface area contributed by atoms with Crippen LogP contribution in [0.15, 0.2) is 24.3 Å². The first-order valence-corrected chi connectivity index (χ1v) is 6.14. The van der Waals surface area contributed by atoms with Gasteiger partial charge in [-0.25, -0.2) is 0 Å². The van der Waals surface area contributed by atoms with E-state index >= 15 is 0 Å². The third-order valence-corrected chi connectivity index (χ3v) is 2.68. The number of hydrogen-bond acceptors (Lipinski definition) is 6. The Morgan fingerprint density at radius 3 is 2.33 bits per heavy atom. The highest BCUT2D eigenvalue weighted by Crippen LogP contribution is 2.20. The van der Waals surface area contributed by atoms with Crippen LogP contribution in [0.4, 0.5) is 5.69 Å². The van der Waals surface area contributed by atoms with Gasteiger partial charge in [0.05, 0.1) is 11.0 Å². The maximum Gasteiger partial charge on any atom is 0.302 e. The summed E-state index contributed by atoms with van der Waals surface area (Å²) in [6.07, 6.45) is -1.16. The number of carbonyl (C=O) groups is 2. The number of ether oxygens (including phenoxy) is 1. The molecule has 0 saturated carbocycles. The third kappa shape index (κ3) is 5.19. The molecule has 21 heavy (non-hydrogen) atoms. The molecule has 0 radical (unpaired) electrons. The van der Waals surface area contributed by atoms with Gasteiger partial charge in [0.15, 0.2) is 0 Å². The minimum absolute atomic E-state index is 0.109. The second kappa shape index (κ2) is 7.34. The van der Waals surface area contributed by atoms with Crippen molar-refractivity contribution in [3.63, 3.8) is 0 Å². The van der Waals surface area contributed by atoms with Crippen LogP contribution in [0.2, 0.25) is 0 Å². The maximum atomic E-state index is 11.1. The number of nitrogens with one attached hydrogen (secondary N) is 1. The SMILES string of the molecule is CC(=O)N[C@H](COC(C)=O)[C@H](O)c1ccc([N+](=O)[O-])cc1. The van der Waals surface area contributed by atoms with Crippen molar-refractivity contribution in [2.75, 3.05) is 6.61 Å². The molecule has 1 aromatic rings. The van der Waals surface area contributed by atoms with Crippen LogP contribution < -0.4 is 5.32 Å². The monoisotopic (exact) mass is 296 g/mol. The third-order valence-electron chi connectivity index (χ3n) is 2.68. The summed E-state index contributed by atoms with van der Waals surface area (Å²) in [6, 6.07) is 4.41. The van der Waals surface area contributed by atoms with Gasteiger partial charge in [-0.1, -0.05) is 0 Å². The molecule has 0 unspecified atom stereocenters. The Bertz CT molecular complexity index is 528. The second-order valence-corrected chi connectivity index (χ2v) is 4.40. The van der Waals surface area contributed by atoms with E-state index in [2.05, 4.69) is 5.32 Å². The standard InChI is InChI=1S/C13H16N2O6/c1-8(16)14-12(7-21-9(2)17)13(18)10-3-5-11(6-4-10)15(19)20/h3-6,12-13,18H,7H2,1-2H3,(H,14,16)/t12-,13-/m1/s1. The van der Waals surface area contributed by atoms with Crippen LogP contribution in [0.25, 0.3) is 0 Å². The number of nitro groups is 1. The van der Waals surface area contributed by atoms with Crippen molar-refractivity contribution >= 4 is 17.6 Å². The molecule has 0 aliphatic rings. The van der Waals surface area contributed by atoms with Crippen LogP contribution in [0, 0.1) is 10.1 Å². The van der Waals surface area contributed by atoms with Crippen molar-refractivity contribution in [3.05, 3.63) is 39.9 Å². The highest BCUT2D eigenvalue weighted by atomic mass is 16.6. The normalized spacial score (nSPS) is 13.1. The minimum Gasteiger partial charge on any atom is -0.464 e. The number of nitrogens with zero attached hydrogens (tertiary/aromatic N) is 1. The lowest BCUT2D eigenvalue weighted by Crippen LogP contribution is -2.42. The predicted octanol–water partition coefficient (Wildman–Crippen LogP) is 0.696. The van der Waals surface area contributed by atoms with Crippen LogP contribution in [0.5, 0.6) is 0 Å². The Morgan fingerprint density at radius 2 is 1.90 bits per heavy atom. The highest BCUT2D eigenvalue weighted by Gasteiger charge is 2.23. The largest absolute Gasteiger partial charge is 0.464 e. The van der Waals surface area contributed by atoms with E-state index in [1.807, 2.05) is 0 Å². The zero-order valence-corrected chi connectivity index (χ0v) is 11.6. The van der Waals surface area contributed by atoms with Crippen molar-refractivity contribution in [3.8, 4) is 0 Å². The zero-order chi connectivity index (χ0) is 16.0. The molecule has 1 aromatic carbocycles. The van der Waals surface area contributed by atoms with Crippen molar-refractivity contribution < 1.29 is 24.4 Å². The van der Waals surface area contributed by atoms with Gasteiger partial charge in [0.2, 0.25) is 5.91 Å². The average molecular weight is 296 g/mol. The predicted molar refractivity (Wildman–Crippen MR) is 72.3 cm³/mol. The van der Waals surface area contributed by atoms with E-state index in [-0.39, 0.29) is 12.3 Å². The molecule has 0 aliphatic carbocycles. The molecule has 2 N–H and O–H groups in total. The van der Waals surface area contributed by atoms with Crippen LogP contribution >= 0.6 is 0 Å². The van der Waals surface area contributed by atoms with E-state index in [0.717, 1.165) is 0 Å². The van der Waals surface area contributed by atoms with Crippen LogP contribution in [0.1, 0.15) is 25.5 Å². The van der Waals surface area contributed by atoms with Crippen molar-refractivity contribution in [2.45, 2.75) is 26.0 Å². The topological polar surface area (TPSA) is 119 Å². The number of aliphatic hydroxyl groups is 1. The van der Waals surface area contributed by atoms with Gasteiger partial charge in [-0.15, -0.1) is 0 Å². The number of amides is 1. The fourth-order valence-corrected chi connectivity index (χ4v) is 1.71. The van der Waals surface area contributed by atoms with Gasteiger partial charge in [-0.2, -0.15) is 0 Å². The lowest BCUT2D eigenvalue weighted by molar-refractivity contribution is -0.384. The molecule has 1 amide bonds. The molecule has 0 aliphatic heterocycles.